The maximum atomic E-state index is 13.9. The number of rotatable bonds is 34. The van der Waals surface area contributed by atoms with Crippen molar-refractivity contribution in [2.24, 2.45) is 0 Å². The fourth-order valence-electron chi connectivity index (χ4n) is 13.6. The molecule has 7 fully saturated rings. The molecule has 51 nitrogen and oxygen atoms in total. The molecule has 7 aliphatic heterocycles. The third-order valence-electron chi connectivity index (χ3n) is 19.3. The Morgan fingerprint density at radius 2 is 0.745 bits per heavy atom. The molecule has 0 bridgehead atoms. The predicted molar refractivity (Wildman–Crippen MR) is 333 cm³/mol. The van der Waals surface area contributed by atoms with E-state index >= 15 is 0 Å². The van der Waals surface area contributed by atoms with Crippen molar-refractivity contribution in [2.75, 3.05) is 59.5 Å². The van der Waals surface area contributed by atoms with E-state index in [1.165, 1.54) is 0 Å². The van der Waals surface area contributed by atoms with E-state index in [1.807, 2.05) is 10.6 Å². The molecule has 7 heterocycles. The van der Waals surface area contributed by atoms with Crippen LogP contribution in [0.1, 0.15) is 33.1 Å². The number of aliphatic hydroxyl groups is 24. The SMILES string of the molecule is CC(=O)N[C@H]1[C@H](O[C@@H]2[C@H](O[C@]3(C(=O)O)C[C@H](O)[C@@H](NC(=O)CO)[C@H]([C@H](O)[C@H](O)CO)O3)[C@@H](O)[C@H](O[C@H]3[C@H](O)[C@@H](O)[C@H](O)O[C@@H]3CO)O[C@@H]2CO)O[C@H](CO[C@]2(C(=O)O)C[C@H](O)[C@@H](NC(C)=O)[C@H]([C@H](O)[C@H](O)CO)O2)[C@H](O)[C@@H]1O[C@@H]1O[C@H](CO)[C@H](O)[C@H](O[C@]2(C(=O)O)C[C@H](O)[C@@H](NC(=O)CO)[C@H]([C@H](O)[C@H](O)CO)O2)[C@H]1O. The fraction of sp³-hybridized carbons (Fsp3) is 0.881. The van der Waals surface area contributed by atoms with Crippen LogP contribution in [-0.4, -0.2) is 470 Å². The average Bonchev–Trinajstić information content (AvgIpc) is 0.751. The quantitative estimate of drug-likeness (QED) is 0.0284. The molecule has 38 atom stereocenters. The molecule has 634 valence electrons. The summed E-state index contributed by atoms with van der Waals surface area (Å²) in [5.41, 5.74) is 0. The smallest absolute Gasteiger partial charge is 0.364 e. The van der Waals surface area contributed by atoms with Gasteiger partial charge in [-0.05, 0) is 0 Å². The molecule has 0 spiro atoms. The number of hydrogen-bond donors (Lipinski definition) is 31. The van der Waals surface area contributed by atoms with Crippen LogP contribution in [0.25, 0.3) is 0 Å². The Labute approximate surface area is 618 Å². The molecule has 7 saturated heterocycles. The molecule has 110 heavy (non-hydrogen) atoms. The monoisotopic (exact) mass is 1610 g/mol. The summed E-state index contributed by atoms with van der Waals surface area (Å²) in [4.78, 5) is 92.2. The van der Waals surface area contributed by atoms with Gasteiger partial charge in [0.2, 0.25) is 23.6 Å². The summed E-state index contributed by atoms with van der Waals surface area (Å²) in [6, 6.07) is -8.38. The van der Waals surface area contributed by atoms with Crippen molar-refractivity contribution in [3.8, 4) is 0 Å². The first-order valence-corrected chi connectivity index (χ1v) is 33.8. The molecule has 0 saturated carbocycles. The molecule has 0 aliphatic carbocycles. The largest absolute Gasteiger partial charge is 0.477 e. The first-order chi connectivity index (χ1) is 51.6. The number of hydrogen-bond acceptors (Lipinski definition) is 44. The topological polar surface area (TPSA) is 834 Å². The summed E-state index contributed by atoms with van der Waals surface area (Å²) < 4.78 is 76.2. The van der Waals surface area contributed by atoms with E-state index in [-0.39, 0.29) is 0 Å². The van der Waals surface area contributed by atoms with E-state index in [9.17, 15) is 171 Å². The lowest BCUT2D eigenvalue weighted by Crippen LogP contribution is -2.73. The minimum atomic E-state index is -3.69. The van der Waals surface area contributed by atoms with Gasteiger partial charge in [-0.1, -0.05) is 0 Å². The van der Waals surface area contributed by atoms with Crippen molar-refractivity contribution >= 4 is 41.5 Å². The summed E-state index contributed by atoms with van der Waals surface area (Å²) in [5.74, 6) is -22.4. The molecule has 4 amide bonds. The first-order valence-electron chi connectivity index (χ1n) is 33.8. The highest BCUT2D eigenvalue weighted by molar-refractivity contribution is 5.79. The van der Waals surface area contributed by atoms with Crippen LogP contribution < -0.4 is 21.3 Å². The van der Waals surface area contributed by atoms with Crippen LogP contribution in [0.15, 0.2) is 0 Å². The second-order valence-corrected chi connectivity index (χ2v) is 26.9. The van der Waals surface area contributed by atoms with Crippen LogP contribution in [0.4, 0.5) is 0 Å². The van der Waals surface area contributed by atoms with Crippen molar-refractivity contribution in [1.29, 1.82) is 0 Å². The standard InChI is InChI=1S/C59H96N4O47/c1-15(72)60-29-17(74)3-57(54(92)93,106-45(29)33(82)20(77)6-64)98-14-26-37(86)44(105-52-40(89)48(36(85)23(9-67)100-52)109-58(55(94)95)4-18(75)30(62-27(80)12-70)46(107-58)34(83)21(78)7-65)32(61-16(2)73)51(102-26)104-43-25(11-69)101-53(103-42-24(10-68)99-50(91)39(88)38(42)87)41(90)49(43)110-59(56(96)97)5-19(76)31(63-28(81)13-71)47(108-59)35(84)22(79)8-66/h17-26,29-53,64-71,74-79,82-91H,3-14H2,1-2H3,(H,60,72)(H,61,73)(H,62,80)(H,63,81)(H,92,93)(H,94,95)(H,96,97)/t17-,18-,19-,20+,21+,22+,23+,24+,25+,26+,29+,30+,31+,32+,33+,34+,35+,36-,37-,38+,39+,40+,41+,42+,43-,44+,45+,46+,47+,48-,49+,50+,51-,52-,53-,57+,58-,59-/m0/s1. The van der Waals surface area contributed by atoms with Gasteiger partial charge in [-0.25, -0.2) is 14.4 Å². The summed E-state index contributed by atoms with van der Waals surface area (Å²) in [5, 5.41) is 304. The Balaban J connectivity index is 1.41. The van der Waals surface area contributed by atoms with E-state index in [4.69, 9.17) is 61.6 Å². The van der Waals surface area contributed by atoms with Gasteiger partial charge in [0.15, 0.2) is 25.2 Å². The van der Waals surface area contributed by atoms with Crippen molar-refractivity contribution < 1.29 is 233 Å². The Kier molecular flexibility index (Phi) is 32.6. The van der Waals surface area contributed by atoms with E-state index in [2.05, 4.69) is 10.6 Å². The van der Waals surface area contributed by atoms with Gasteiger partial charge in [-0.3, -0.25) is 19.2 Å². The molecule has 0 aromatic heterocycles. The highest BCUT2D eigenvalue weighted by Crippen LogP contribution is 2.44. The number of carbonyl (C=O) groups excluding carboxylic acids is 4. The summed E-state index contributed by atoms with van der Waals surface area (Å²) in [6.45, 7) is -10.7. The molecule has 51 heteroatoms. The van der Waals surface area contributed by atoms with Gasteiger partial charge in [0.1, 0.15) is 166 Å². The van der Waals surface area contributed by atoms with Crippen LogP contribution in [0, 0.1) is 0 Å². The van der Waals surface area contributed by atoms with E-state index in [0.29, 0.717) is 0 Å². The Morgan fingerprint density at radius 3 is 1.16 bits per heavy atom. The van der Waals surface area contributed by atoms with Crippen LogP contribution in [-0.2, 0) is 95.1 Å². The summed E-state index contributed by atoms with van der Waals surface area (Å²) in [6.07, 6.45) is -80.5. The van der Waals surface area contributed by atoms with Gasteiger partial charge in [-0.15, -0.1) is 0 Å². The molecular formula is C59H96N4O47. The highest BCUT2D eigenvalue weighted by Gasteiger charge is 2.65. The van der Waals surface area contributed by atoms with Gasteiger partial charge in [0, 0.05) is 33.1 Å². The van der Waals surface area contributed by atoms with Gasteiger partial charge >= 0.3 is 17.9 Å². The molecule has 7 aliphatic rings. The van der Waals surface area contributed by atoms with Crippen molar-refractivity contribution in [3.05, 3.63) is 0 Å². The second kappa shape index (κ2) is 39.0. The molecule has 31 N–H and O–H groups in total. The lowest BCUT2D eigenvalue weighted by atomic mass is 9.88. The van der Waals surface area contributed by atoms with E-state index < -0.39 is 352 Å². The van der Waals surface area contributed by atoms with Gasteiger partial charge < -0.3 is 221 Å². The minimum absolute atomic E-state index is 0.736. The Hall–Kier alpha value is -5.19. The average molecular weight is 1610 g/mol. The van der Waals surface area contributed by atoms with Crippen LogP contribution >= 0.6 is 0 Å². The van der Waals surface area contributed by atoms with Gasteiger partial charge in [0.25, 0.3) is 17.4 Å². The van der Waals surface area contributed by atoms with Crippen LogP contribution in [0.2, 0.25) is 0 Å². The number of amides is 4. The maximum Gasteiger partial charge on any atom is 0.364 e. The second-order valence-electron chi connectivity index (χ2n) is 26.9. The number of aliphatic carboxylic acids is 3. The first kappa shape index (κ1) is 92.0. The minimum Gasteiger partial charge on any atom is -0.477 e. The summed E-state index contributed by atoms with van der Waals surface area (Å²) in [7, 11) is 0. The van der Waals surface area contributed by atoms with E-state index in [1.54, 1.807) is 0 Å². The maximum absolute atomic E-state index is 13.9. The lowest BCUT2D eigenvalue weighted by Gasteiger charge is -2.53. The van der Waals surface area contributed by atoms with Crippen LogP contribution in [0.3, 0.4) is 0 Å². The predicted octanol–water partition coefficient (Wildman–Crippen LogP) is -20.1. The zero-order valence-electron chi connectivity index (χ0n) is 57.9. The molecule has 7 rings (SSSR count). The van der Waals surface area contributed by atoms with E-state index in [0.717, 1.165) is 13.8 Å². The number of aliphatic hydroxyl groups excluding tert-OH is 24. The molecule has 0 aromatic carbocycles. The number of nitrogens with one attached hydrogen (secondary N) is 4. The number of carbonyl (C=O) groups is 7. The van der Waals surface area contributed by atoms with Crippen molar-refractivity contribution in [3.63, 3.8) is 0 Å². The number of ether oxygens (including phenoxy) is 13. The molecular weight excluding hydrogens is 1520 g/mol. The Morgan fingerprint density at radius 1 is 0.391 bits per heavy atom. The zero-order chi connectivity index (χ0) is 82.3. The molecule has 0 radical (unpaired) electrons. The Bertz CT molecular complexity index is 3050. The lowest BCUT2D eigenvalue weighted by molar-refractivity contribution is -0.405. The fourth-order valence-corrected chi connectivity index (χ4v) is 13.6. The van der Waals surface area contributed by atoms with Crippen molar-refractivity contribution in [1.82, 2.24) is 21.3 Å². The van der Waals surface area contributed by atoms with Gasteiger partial charge in [0.05, 0.1) is 82.7 Å². The summed E-state index contributed by atoms with van der Waals surface area (Å²) >= 11 is 0. The van der Waals surface area contributed by atoms with Crippen molar-refractivity contribution in [2.45, 2.75) is 265 Å². The number of carboxylic acid groups (broad SMARTS) is 3. The molecule has 0 unspecified atom stereocenters. The highest BCUT2D eigenvalue weighted by atomic mass is 16.8. The van der Waals surface area contributed by atoms with Crippen LogP contribution in [0.5, 0.6) is 0 Å². The third-order valence-corrected chi connectivity index (χ3v) is 19.3. The normalized spacial score (nSPS) is 42.8. The third kappa shape index (κ3) is 20.0. The molecule has 0 aromatic rings. The van der Waals surface area contributed by atoms with Gasteiger partial charge in [-0.2, -0.15) is 0 Å². The number of carboxylic acids is 3. The zero-order valence-corrected chi connectivity index (χ0v) is 57.9.